The molecule has 2 heterocycles. The van der Waals surface area contributed by atoms with Gasteiger partial charge in [0.05, 0.1) is 23.5 Å². The molecule has 172 valence electrons. The molecule has 0 bridgehead atoms. The van der Waals surface area contributed by atoms with Gasteiger partial charge in [-0.15, -0.1) is 11.3 Å². The summed E-state index contributed by atoms with van der Waals surface area (Å²) in [7, 11) is 0. The molecular formula is C23H19ClF3N3OS2. The third-order valence-electron chi connectivity index (χ3n) is 5.41. The van der Waals surface area contributed by atoms with Crippen molar-refractivity contribution in [1.82, 2.24) is 10.3 Å². The molecule has 3 aromatic rings. The minimum Gasteiger partial charge on any atom is -0.374 e. The lowest BCUT2D eigenvalue weighted by Gasteiger charge is -2.29. The predicted octanol–water partition coefficient (Wildman–Crippen LogP) is 6.46. The maximum Gasteiger partial charge on any atom is 0.435 e. The van der Waals surface area contributed by atoms with Crippen LogP contribution in [0.25, 0.3) is 0 Å². The number of hydrogen-bond acceptors (Lipinski definition) is 5. The number of aryl methyl sites for hydroxylation is 2. The summed E-state index contributed by atoms with van der Waals surface area (Å²) in [6, 6.07) is 9.56. The van der Waals surface area contributed by atoms with E-state index in [1.807, 2.05) is 12.3 Å². The SMILES string of the molecule is Cc1cc(Cl)cc(C2(C(F)(F)F)CC(c3ccc(C(=S)NCc4cscn4)c(C)c3)=NO2)c1. The van der Waals surface area contributed by atoms with Gasteiger partial charge in [-0.2, -0.15) is 13.2 Å². The molecular weight excluding hydrogens is 491 g/mol. The number of halogens is 4. The Kier molecular flexibility index (Phi) is 6.48. The molecule has 33 heavy (non-hydrogen) atoms. The molecule has 1 unspecified atom stereocenters. The van der Waals surface area contributed by atoms with Gasteiger partial charge in [0, 0.05) is 28.0 Å². The second-order valence-electron chi connectivity index (χ2n) is 7.84. The highest BCUT2D eigenvalue weighted by Crippen LogP contribution is 2.49. The van der Waals surface area contributed by atoms with Gasteiger partial charge in [-0.1, -0.05) is 47.2 Å². The summed E-state index contributed by atoms with van der Waals surface area (Å²) in [4.78, 5) is 9.87. The number of benzene rings is 2. The van der Waals surface area contributed by atoms with Crippen molar-refractivity contribution in [3.8, 4) is 0 Å². The van der Waals surface area contributed by atoms with Crippen LogP contribution < -0.4 is 5.32 Å². The van der Waals surface area contributed by atoms with Crippen LogP contribution in [0.3, 0.4) is 0 Å². The summed E-state index contributed by atoms with van der Waals surface area (Å²) in [6.45, 7) is 4.03. The van der Waals surface area contributed by atoms with Gasteiger partial charge in [0.25, 0.3) is 5.60 Å². The first-order valence-electron chi connectivity index (χ1n) is 9.95. The Balaban J connectivity index is 1.57. The lowest BCUT2D eigenvalue weighted by Crippen LogP contribution is -2.42. The van der Waals surface area contributed by atoms with Crippen LogP contribution >= 0.6 is 35.2 Å². The second-order valence-corrected chi connectivity index (χ2v) is 9.40. The maximum atomic E-state index is 14.2. The van der Waals surface area contributed by atoms with E-state index in [4.69, 9.17) is 28.7 Å². The van der Waals surface area contributed by atoms with Crippen molar-refractivity contribution in [2.45, 2.75) is 38.6 Å². The molecule has 1 atom stereocenters. The summed E-state index contributed by atoms with van der Waals surface area (Å²) in [5.74, 6) is 0. The molecule has 0 amide bonds. The summed E-state index contributed by atoms with van der Waals surface area (Å²) in [5, 5.41) is 9.14. The molecule has 4 nitrogen and oxygen atoms in total. The van der Waals surface area contributed by atoms with Gasteiger partial charge in [-0.25, -0.2) is 4.98 Å². The molecule has 0 saturated heterocycles. The average Bonchev–Trinajstić information content (AvgIpc) is 3.41. The maximum absolute atomic E-state index is 14.2. The quantitative estimate of drug-likeness (QED) is 0.401. The first-order valence-corrected chi connectivity index (χ1v) is 11.7. The Morgan fingerprint density at radius 2 is 2.03 bits per heavy atom. The number of nitrogens with one attached hydrogen (secondary N) is 1. The standard InChI is InChI=1S/C23H19ClF3N3OS2/c1-13-5-16(8-17(24)6-13)22(23(25,26)27)9-20(30-31-22)15-3-4-19(14(2)7-15)21(32)28-10-18-11-33-12-29-18/h3-8,11-12H,9-10H2,1-2H3,(H,28,32). The van der Waals surface area contributed by atoms with Crippen LogP contribution in [0.15, 0.2) is 52.4 Å². The van der Waals surface area contributed by atoms with Crippen molar-refractivity contribution in [3.05, 3.63) is 85.8 Å². The number of alkyl halides is 3. The minimum atomic E-state index is -4.69. The molecule has 0 saturated carbocycles. The van der Waals surface area contributed by atoms with Gasteiger partial charge in [-0.05, 0) is 48.7 Å². The zero-order valence-corrected chi connectivity index (χ0v) is 20.1. The van der Waals surface area contributed by atoms with Crippen LogP contribution in [0.1, 0.15) is 39.9 Å². The third kappa shape index (κ3) is 4.76. The van der Waals surface area contributed by atoms with Gasteiger partial charge >= 0.3 is 6.18 Å². The normalized spacial score (nSPS) is 18.1. The number of thiazole rings is 1. The fourth-order valence-electron chi connectivity index (χ4n) is 3.72. The monoisotopic (exact) mass is 509 g/mol. The minimum absolute atomic E-state index is 0.0699. The Morgan fingerprint density at radius 1 is 1.24 bits per heavy atom. The zero-order valence-electron chi connectivity index (χ0n) is 17.7. The summed E-state index contributed by atoms with van der Waals surface area (Å²) in [5.41, 5.74) is 2.94. The number of oxime groups is 1. The average molecular weight is 510 g/mol. The number of nitrogens with zero attached hydrogens (tertiary/aromatic N) is 2. The van der Waals surface area contributed by atoms with Gasteiger partial charge in [0.1, 0.15) is 4.99 Å². The highest BCUT2D eigenvalue weighted by molar-refractivity contribution is 7.80. The van der Waals surface area contributed by atoms with Crippen LogP contribution in [0.4, 0.5) is 13.2 Å². The zero-order chi connectivity index (χ0) is 23.8. The first kappa shape index (κ1) is 23.7. The van der Waals surface area contributed by atoms with E-state index in [9.17, 15) is 13.2 Å². The fraction of sp³-hybridized carbons (Fsp3) is 0.261. The molecule has 1 N–H and O–H groups in total. The van der Waals surface area contributed by atoms with E-state index < -0.39 is 18.2 Å². The highest BCUT2D eigenvalue weighted by atomic mass is 35.5. The molecule has 10 heteroatoms. The molecule has 0 radical (unpaired) electrons. The molecule has 1 aliphatic heterocycles. The number of hydrogen-bond donors (Lipinski definition) is 1. The molecule has 0 aliphatic carbocycles. The van der Waals surface area contributed by atoms with Crippen molar-refractivity contribution in [2.75, 3.05) is 0 Å². The van der Waals surface area contributed by atoms with Crippen molar-refractivity contribution < 1.29 is 18.0 Å². The summed E-state index contributed by atoms with van der Waals surface area (Å²) in [6.07, 6.45) is -5.15. The lowest BCUT2D eigenvalue weighted by molar-refractivity contribution is -0.275. The Labute approximate surface area is 203 Å². The number of rotatable bonds is 5. The van der Waals surface area contributed by atoms with Crippen molar-refractivity contribution in [3.63, 3.8) is 0 Å². The van der Waals surface area contributed by atoms with Crippen molar-refractivity contribution in [1.29, 1.82) is 0 Å². The highest BCUT2D eigenvalue weighted by Gasteiger charge is 2.62. The number of thiocarbonyl (C=S) groups is 1. The van der Waals surface area contributed by atoms with E-state index in [-0.39, 0.29) is 16.3 Å². The molecule has 2 aromatic carbocycles. The fourth-order valence-corrected chi connectivity index (χ4v) is 4.87. The van der Waals surface area contributed by atoms with Gasteiger partial charge in [-0.3, -0.25) is 0 Å². The predicted molar refractivity (Wildman–Crippen MR) is 128 cm³/mol. The molecule has 1 aliphatic rings. The van der Waals surface area contributed by atoms with E-state index in [0.717, 1.165) is 16.8 Å². The lowest BCUT2D eigenvalue weighted by atomic mass is 9.85. The molecule has 0 spiro atoms. The van der Waals surface area contributed by atoms with Gasteiger partial charge < -0.3 is 10.2 Å². The Bertz CT molecular complexity index is 1210. The van der Waals surface area contributed by atoms with E-state index in [0.29, 0.717) is 22.7 Å². The summed E-state index contributed by atoms with van der Waals surface area (Å²) < 4.78 is 42.7. The van der Waals surface area contributed by atoms with E-state index in [1.165, 1.54) is 23.5 Å². The number of aromatic nitrogens is 1. The Morgan fingerprint density at radius 3 is 2.67 bits per heavy atom. The van der Waals surface area contributed by atoms with Crippen LogP contribution in [0, 0.1) is 13.8 Å². The van der Waals surface area contributed by atoms with E-state index in [1.54, 1.807) is 36.7 Å². The topological polar surface area (TPSA) is 46.5 Å². The van der Waals surface area contributed by atoms with Gasteiger partial charge in [0.2, 0.25) is 0 Å². The van der Waals surface area contributed by atoms with Crippen LogP contribution in [-0.2, 0) is 17.0 Å². The summed E-state index contributed by atoms with van der Waals surface area (Å²) >= 11 is 13.0. The van der Waals surface area contributed by atoms with Gasteiger partial charge in [0.15, 0.2) is 0 Å². The largest absolute Gasteiger partial charge is 0.435 e. The first-order chi connectivity index (χ1) is 15.6. The smallest absolute Gasteiger partial charge is 0.374 e. The van der Waals surface area contributed by atoms with Crippen LogP contribution in [0.2, 0.25) is 5.02 Å². The van der Waals surface area contributed by atoms with E-state index in [2.05, 4.69) is 15.5 Å². The molecule has 0 fully saturated rings. The van der Waals surface area contributed by atoms with Crippen LogP contribution in [-0.4, -0.2) is 21.9 Å². The van der Waals surface area contributed by atoms with Crippen LogP contribution in [0.5, 0.6) is 0 Å². The van der Waals surface area contributed by atoms with Crippen molar-refractivity contribution in [2.24, 2.45) is 5.16 Å². The van der Waals surface area contributed by atoms with E-state index >= 15 is 0 Å². The second kappa shape index (κ2) is 9.04. The Hall–Kier alpha value is -2.49. The molecule has 1 aromatic heterocycles. The third-order valence-corrected chi connectivity index (χ3v) is 6.63. The molecule has 4 rings (SSSR count). The van der Waals surface area contributed by atoms with Crippen molar-refractivity contribution >= 4 is 45.9 Å².